The van der Waals surface area contributed by atoms with E-state index in [1.54, 1.807) is 0 Å². The van der Waals surface area contributed by atoms with Crippen LogP contribution in [0.1, 0.15) is 45.2 Å². The summed E-state index contributed by atoms with van der Waals surface area (Å²) in [7, 11) is 0. The van der Waals surface area contributed by atoms with Crippen LogP contribution in [0.3, 0.4) is 0 Å². The van der Waals surface area contributed by atoms with E-state index in [1.165, 1.54) is 0 Å². The molecule has 0 aliphatic carbocycles. The van der Waals surface area contributed by atoms with E-state index in [9.17, 15) is 4.55 Å². The standard InChI is InChI=1S/C14H25N3O3S/c1-11(16-21(18)14(2,3)4)13-9-12(20-15-13)10-17-5-7-19-8-6-17/h9,11,16H,5-8,10H2,1-4H3/t11-,21?/m1/s1. The number of morpholine rings is 1. The summed E-state index contributed by atoms with van der Waals surface area (Å²) in [6.07, 6.45) is 0. The van der Waals surface area contributed by atoms with Gasteiger partial charge in [-0.2, -0.15) is 0 Å². The molecule has 21 heavy (non-hydrogen) atoms. The van der Waals surface area contributed by atoms with Crippen molar-refractivity contribution in [2.45, 2.75) is 45.0 Å². The maximum absolute atomic E-state index is 12.1. The second-order valence-corrected chi connectivity index (χ2v) is 8.33. The van der Waals surface area contributed by atoms with Crippen molar-refractivity contribution in [3.05, 3.63) is 17.5 Å². The van der Waals surface area contributed by atoms with Crippen LogP contribution in [-0.4, -0.2) is 45.7 Å². The average molecular weight is 315 g/mol. The first-order chi connectivity index (χ1) is 9.86. The van der Waals surface area contributed by atoms with Gasteiger partial charge in [-0.3, -0.25) is 4.90 Å². The first kappa shape index (κ1) is 16.8. The number of nitrogens with zero attached hydrogens (tertiary/aromatic N) is 2. The smallest absolute Gasteiger partial charge is 0.151 e. The topological polar surface area (TPSA) is 73.6 Å². The molecule has 1 aliphatic heterocycles. The van der Waals surface area contributed by atoms with Crippen LogP contribution in [0, 0.1) is 0 Å². The third kappa shape index (κ3) is 4.96. The van der Waals surface area contributed by atoms with Crippen molar-refractivity contribution in [1.82, 2.24) is 14.8 Å². The van der Waals surface area contributed by atoms with Gasteiger partial charge in [0.25, 0.3) is 0 Å². The van der Waals surface area contributed by atoms with Gasteiger partial charge in [-0.1, -0.05) is 5.16 Å². The van der Waals surface area contributed by atoms with E-state index in [-0.39, 0.29) is 10.8 Å². The summed E-state index contributed by atoms with van der Waals surface area (Å²) < 4.78 is 25.6. The Bertz CT molecular complexity index is 441. The summed E-state index contributed by atoms with van der Waals surface area (Å²) in [6.45, 7) is 11.9. The predicted molar refractivity (Wildman–Crippen MR) is 82.0 cm³/mol. The second-order valence-electron chi connectivity index (χ2n) is 6.33. The van der Waals surface area contributed by atoms with E-state index in [2.05, 4.69) is 14.8 Å². The fraction of sp³-hybridized carbons (Fsp3) is 0.786. The molecule has 2 atom stereocenters. The van der Waals surface area contributed by atoms with Crippen molar-refractivity contribution in [2.24, 2.45) is 0 Å². The van der Waals surface area contributed by atoms with Crippen molar-refractivity contribution < 1.29 is 13.8 Å². The van der Waals surface area contributed by atoms with Crippen LogP contribution in [0.15, 0.2) is 10.6 Å². The number of nitrogens with one attached hydrogen (secondary N) is 1. The molecule has 1 unspecified atom stereocenters. The molecule has 1 fully saturated rings. The number of hydrogen-bond donors (Lipinski definition) is 1. The summed E-state index contributed by atoms with van der Waals surface area (Å²) in [6, 6.07) is 1.83. The van der Waals surface area contributed by atoms with Gasteiger partial charge in [0.15, 0.2) is 5.76 Å². The van der Waals surface area contributed by atoms with E-state index in [0.717, 1.165) is 44.3 Å². The summed E-state index contributed by atoms with van der Waals surface area (Å²) >= 11 is -1.12. The third-order valence-electron chi connectivity index (χ3n) is 3.34. The number of hydrogen-bond acceptors (Lipinski definition) is 6. The SMILES string of the molecule is C[C@@H](N[S+]([O-])C(C)(C)C)c1cc(CN2CCOCC2)on1. The molecule has 1 N–H and O–H groups in total. The minimum absolute atomic E-state index is 0.104. The first-order valence-corrected chi connectivity index (χ1v) is 8.45. The molecule has 120 valence electrons. The van der Waals surface area contributed by atoms with Gasteiger partial charge in [-0.05, 0) is 27.7 Å². The van der Waals surface area contributed by atoms with E-state index >= 15 is 0 Å². The number of rotatable bonds is 5. The Labute approximate surface area is 129 Å². The fourth-order valence-corrected chi connectivity index (χ4v) is 2.78. The molecular weight excluding hydrogens is 290 g/mol. The van der Waals surface area contributed by atoms with Crippen LogP contribution in [0.5, 0.6) is 0 Å². The van der Waals surface area contributed by atoms with Gasteiger partial charge < -0.3 is 13.8 Å². The molecule has 0 bridgehead atoms. The molecule has 0 radical (unpaired) electrons. The monoisotopic (exact) mass is 315 g/mol. The van der Waals surface area contributed by atoms with Gasteiger partial charge in [-0.15, -0.1) is 4.72 Å². The number of aromatic nitrogens is 1. The molecule has 0 saturated carbocycles. The van der Waals surface area contributed by atoms with E-state index in [0.29, 0.717) is 0 Å². The van der Waals surface area contributed by atoms with Crippen LogP contribution in [0.25, 0.3) is 0 Å². The number of ether oxygens (including phenoxy) is 1. The molecule has 2 rings (SSSR count). The molecule has 2 heterocycles. The van der Waals surface area contributed by atoms with Crippen LogP contribution in [0.2, 0.25) is 0 Å². The molecule has 6 nitrogen and oxygen atoms in total. The second kappa shape index (κ2) is 7.11. The molecule has 0 amide bonds. The Kier molecular flexibility index (Phi) is 5.67. The van der Waals surface area contributed by atoms with Crippen LogP contribution < -0.4 is 4.72 Å². The summed E-state index contributed by atoms with van der Waals surface area (Å²) in [5, 5.41) is 4.09. The maximum Gasteiger partial charge on any atom is 0.151 e. The van der Waals surface area contributed by atoms with Crippen molar-refractivity contribution in [3.8, 4) is 0 Å². The van der Waals surface area contributed by atoms with Crippen LogP contribution in [0.4, 0.5) is 0 Å². The molecule has 1 aromatic heterocycles. The molecule has 0 spiro atoms. The van der Waals surface area contributed by atoms with Crippen molar-refractivity contribution in [2.75, 3.05) is 26.3 Å². The van der Waals surface area contributed by atoms with E-state index in [4.69, 9.17) is 9.26 Å². The predicted octanol–water partition coefficient (Wildman–Crippen LogP) is 1.62. The quantitative estimate of drug-likeness (QED) is 0.832. The molecule has 1 aliphatic rings. The zero-order valence-corrected chi connectivity index (χ0v) is 14.0. The zero-order chi connectivity index (χ0) is 15.5. The summed E-state index contributed by atoms with van der Waals surface area (Å²) in [4.78, 5) is 2.28. The largest absolute Gasteiger partial charge is 0.598 e. The Morgan fingerprint density at radius 3 is 2.71 bits per heavy atom. The van der Waals surface area contributed by atoms with Crippen LogP contribution >= 0.6 is 0 Å². The lowest BCUT2D eigenvalue weighted by Crippen LogP contribution is -2.40. The highest BCUT2D eigenvalue weighted by Crippen LogP contribution is 2.20. The molecule has 1 aromatic rings. The van der Waals surface area contributed by atoms with Crippen molar-refractivity contribution >= 4 is 11.4 Å². The lowest BCUT2D eigenvalue weighted by atomic mass is 10.2. The highest BCUT2D eigenvalue weighted by atomic mass is 32.2. The highest BCUT2D eigenvalue weighted by Gasteiger charge is 2.29. The van der Waals surface area contributed by atoms with Gasteiger partial charge in [-0.25, -0.2) is 0 Å². The van der Waals surface area contributed by atoms with Gasteiger partial charge in [0, 0.05) is 30.5 Å². The van der Waals surface area contributed by atoms with Crippen LogP contribution in [-0.2, 0) is 22.6 Å². The Morgan fingerprint density at radius 1 is 1.43 bits per heavy atom. The van der Waals surface area contributed by atoms with Crippen molar-refractivity contribution in [1.29, 1.82) is 0 Å². The maximum atomic E-state index is 12.1. The minimum atomic E-state index is -1.12. The molecular formula is C14H25N3O3S. The van der Waals surface area contributed by atoms with Crippen molar-refractivity contribution in [3.63, 3.8) is 0 Å². The minimum Gasteiger partial charge on any atom is -0.598 e. The Balaban J connectivity index is 1.89. The van der Waals surface area contributed by atoms with Gasteiger partial charge in [0.05, 0.1) is 25.8 Å². The Morgan fingerprint density at radius 2 is 2.10 bits per heavy atom. The van der Waals surface area contributed by atoms with Gasteiger partial charge >= 0.3 is 0 Å². The molecule has 0 aromatic carbocycles. The lowest BCUT2D eigenvalue weighted by Gasteiger charge is -2.25. The Hall–Kier alpha value is -0.600. The van der Waals surface area contributed by atoms with E-state index < -0.39 is 11.4 Å². The highest BCUT2D eigenvalue weighted by molar-refractivity contribution is 7.90. The first-order valence-electron chi connectivity index (χ1n) is 7.30. The zero-order valence-electron chi connectivity index (χ0n) is 13.2. The summed E-state index contributed by atoms with van der Waals surface area (Å²) in [5.41, 5.74) is 0.788. The normalized spacial score (nSPS) is 20.4. The lowest BCUT2D eigenvalue weighted by molar-refractivity contribution is 0.0305. The fourth-order valence-electron chi connectivity index (χ4n) is 1.98. The molecule has 7 heteroatoms. The van der Waals surface area contributed by atoms with Gasteiger partial charge in [0.1, 0.15) is 10.4 Å². The average Bonchev–Trinajstić information content (AvgIpc) is 2.87. The molecule has 1 saturated heterocycles. The third-order valence-corrected chi connectivity index (χ3v) is 5.02. The van der Waals surface area contributed by atoms with E-state index in [1.807, 2.05) is 33.8 Å². The van der Waals surface area contributed by atoms with Gasteiger partial charge in [0.2, 0.25) is 0 Å². The summed E-state index contributed by atoms with van der Waals surface area (Å²) in [5.74, 6) is 0.835.